The quantitative estimate of drug-likeness (QED) is 0.899. The number of hydrogen-bond donors (Lipinski definition) is 2. The van der Waals surface area contributed by atoms with Crippen LogP contribution in [0.25, 0.3) is 0 Å². The molecule has 0 aliphatic carbocycles. The van der Waals surface area contributed by atoms with Crippen LogP contribution in [0, 0.1) is 6.92 Å². The number of aromatic nitrogens is 1. The second-order valence-corrected chi connectivity index (χ2v) is 6.13. The highest BCUT2D eigenvalue weighted by molar-refractivity contribution is 6.04. The van der Waals surface area contributed by atoms with Crippen LogP contribution in [0.5, 0.6) is 0 Å². The summed E-state index contributed by atoms with van der Waals surface area (Å²) >= 11 is 0. The summed E-state index contributed by atoms with van der Waals surface area (Å²) in [5.74, 6) is 0.660. The summed E-state index contributed by atoms with van der Waals surface area (Å²) in [6.45, 7) is 8.18. The third-order valence-corrected chi connectivity index (χ3v) is 2.80. The number of nitrogens with one attached hydrogen (secondary N) is 2. The van der Waals surface area contributed by atoms with Crippen molar-refractivity contribution in [2.24, 2.45) is 0 Å². The second kappa shape index (κ2) is 5.95. The molecule has 0 spiro atoms. The number of aryl methyl sites for hydroxylation is 1. The van der Waals surface area contributed by atoms with Crippen molar-refractivity contribution in [3.05, 3.63) is 53.7 Å². The van der Waals surface area contributed by atoms with E-state index in [0.717, 1.165) is 11.4 Å². The van der Waals surface area contributed by atoms with E-state index in [1.54, 1.807) is 12.3 Å². The molecule has 1 heterocycles. The van der Waals surface area contributed by atoms with Crippen molar-refractivity contribution in [1.29, 1.82) is 0 Å². The number of carbonyl (C=O) groups is 1. The van der Waals surface area contributed by atoms with Gasteiger partial charge in [0.2, 0.25) is 0 Å². The highest BCUT2D eigenvalue weighted by Crippen LogP contribution is 2.15. The number of hydrogen-bond acceptors (Lipinski definition) is 3. The highest BCUT2D eigenvalue weighted by atomic mass is 16.1. The van der Waals surface area contributed by atoms with Crippen LogP contribution < -0.4 is 10.6 Å². The Bertz CT molecular complexity index is 627. The number of carbonyl (C=O) groups excluding carboxylic acids is 1. The fraction of sp³-hybridized carbons (Fsp3) is 0.294. The lowest BCUT2D eigenvalue weighted by Gasteiger charge is -2.21. The maximum absolute atomic E-state index is 12.1. The van der Waals surface area contributed by atoms with Gasteiger partial charge in [-0.3, -0.25) is 4.79 Å². The van der Waals surface area contributed by atoms with Crippen molar-refractivity contribution in [1.82, 2.24) is 4.98 Å². The number of benzene rings is 1. The SMILES string of the molecule is Cc1cccc(C(=O)Nc2ccc(NC(C)(C)C)nc2)c1. The molecule has 0 bridgehead atoms. The number of nitrogens with zero attached hydrogens (tertiary/aromatic N) is 1. The Balaban J connectivity index is 2.05. The standard InChI is InChI=1S/C17H21N3O/c1-12-6-5-7-13(10-12)16(21)19-14-8-9-15(18-11-14)20-17(2,3)4/h5-11H,1-4H3,(H,18,20)(H,19,21). The molecule has 0 saturated carbocycles. The van der Waals surface area contributed by atoms with Crippen molar-refractivity contribution in [2.75, 3.05) is 10.6 Å². The summed E-state index contributed by atoms with van der Waals surface area (Å²) in [6, 6.07) is 11.2. The zero-order chi connectivity index (χ0) is 15.5. The van der Waals surface area contributed by atoms with Crippen molar-refractivity contribution >= 4 is 17.4 Å². The van der Waals surface area contributed by atoms with Crippen molar-refractivity contribution in [2.45, 2.75) is 33.2 Å². The van der Waals surface area contributed by atoms with Crippen LogP contribution in [0.2, 0.25) is 0 Å². The Morgan fingerprint density at radius 2 is 1.90 bits per heavy atom. The van der Waals surface area contributed by atoms with E-state index in [2.05, 4.69) is 36.4 Å². The van der Waals surface area contributed by atoms with E-state index in [4.69, 9.17) is 0 Å². The summed E-state index contributed by atoms with van der Waals surface area (Å²) in [5, 5.41) is 6.12. The molecule has 0 aliphatic rings. The lowest BCUT2D eigenvalue weighted by molar-refractivity contribution is 0.102. The molecule has 0 aliphatic heterocycles. The van der Waals surface area contributed by atoms with Gasteiger partial charge in [0.25, 0.3) is 5.91 Å². The minimum Gasteiger partial charge on any atom is -0.365 e. The molecular weight excluding hydrogens is 262 g/mol. The molecule has 0 atom stereocenters. The Labute approximate surface area is 125 Å². The van der Waals surface area contributed by atoms with E-state index in [0.29, 0.717) is 11.3 Å². The molecular formula is C17H21N3O. The molecule has 1 aromatic carbocycles. The van der Waals surface area contributed by atoms with Crippen molar-refractivity contribution in [3.8, 4) is 0 Å². The van der Waals surface area contributed by atoms with E-state index < -0.39 is 0 Å². The fourth-order valence-corrected chi connectivity index (χ4v) is 1.92. The zero-order valence-corrected chi connectivity index (χ0v) is 12.9. The molecule has 21 heavy (non-hydrogen) atoms. The second-order valence-electron chi connectivity index (χ2n) is 6.13. The lowest BCUT2D eigenvalue weighted by atomic mass is 10.1. The molecule has 0 saturated heterocycles. The highest BCUT2D eigenvalue weighted by Gasteiger charge is 2.10. The molecule has 0 radical (unpaired) electrons. The maximum Gasteiger partial charge on any atom is 0.255 e. The van der Waals surface area contributed by atoms with Gasteiger partial charge in [-0.1, -0.05) is 17.7 Å². The van der Waals surface area contributed by atoms with Gasteiger partial charge in [0.15, 0.2) is 0 Å². The van der Waals surface area contributed by atoms with Gasteiger partial charge < -0.3 is 10.6 Å². The van der Waals surface area contributed by atoms with Gasteiger partial charge in [-0.2, -0.15) is 0 Å². The first-order valence-electron chi connectivity index (χ1n) is 6.96. The van der Waals surface area contributed by atoms with E-state index in [1.165, 1.54) is 0 Å². The van der Waals surface area contributed by atoms with E-state index in [9.17, 15) is 4.79 Å². The lowest BCUT2D eigenvalue weighted by Crippen LogP contribution is -2.26. The number of anilines is 2. The van der Waals surface area contributed by atoms with Gasteiger partial charge in [0.1, 0.15) is 5.82 Å². The number of rotatable bonds is 3. The van der Waals surface area contributed by atoms with Crippen LogP contribution in [-0.4, -0.2) is 16.4 Å². The van der Waals surface area contributed by atoms with Gasteiger partial charge in [-0.25, -0.2) is 4.98 Å². The Hall–Kier alpha value is -2.36. The number of amides is 1. The van der Waals surface area contributed by atoms with Gasteiger partial charge in [-0.05, 0) is 52.0 Å². The van der Waals surface area contributed by atoms with E-state index in [-0.39, 0.29) is 11.4 Å². The monoisotopic (exact) mass is 283 g/mol. The van der Waals surface area contributed by atoms with Crippen molar-refractivity contribution < 1.29 is 4.79 Å². The van der Waals surface area contributed by atoms with Crippen LogP contribution in [-0.2, 0) is 0 Å². The normalized spacial score (nSPS) is 11.0. The van der Waals surface area contributed by atoms with Gasteiger partial charge >= 0.3 is 0 Å². The minimum atomic E-state index is -0.128. The molecule has 2 N–H and O–H groups in total. The molecule has 2 rings (SSSR count). The molecule has 4 heteroatoms. The number of pyridine rings is 1. The van der Waals surface area contributed by atoms with E-state index >= 15 is 0 Å². The van der Waals surface area contributed by atoms with Crippen molar-refractivity contribution in [3.63, 3.8) is 0 Å². The smallest absolute Gasteiger partial charge is 0.255 e. The van der Waals surface area contributed by atoms with Crippen LogP contribution in [0.15, 0.2) is 42.6 Å². The predicted molar refractivity (Wildman–Crippen MR) is 86.7 cm³/mol. The molecule has 1 aromatic heterocycles. The van der Waals surface area contributed by atoms with Crippen LogP contribution in [0.1, 0.15) is 36.7 Å². The Morgan fingerprint density at radius 1 is 1.14 bits per heavy atom. The summed E-state index contributed by atoms with van der Waals surface area (Å²) < 4.78 is 0. The average molecular weight is 283 g/mol. The molecule has 4 nitrogen and oxygen atoms in total. The maximum atomic E-state index is 12.1. The zero-order valence-electron chi connectivity index (χ0n) is 12.9. The summed E-state index contributed by atoms with van der Waals surface area (Å²) in [7, 11) is 0. The van der Waals surface area contributed by atoms with E-state index in [1.807, 2.05) is 37.3 Å². The fourth-order valence-electron chi connectivity index (χ4n) is 1.92. The summed E-state index contributed by atoms with van der Waals surface area (Å²) in [5.41, 5.74) is 2.35. The van der Waals surface area contributed by atoms with Crippen LogP contribution >= 0.6 is 0 Å². The predicted octanol–water partition coefficient (Wildman–Crippen LogP) is 3.85. The Kier molecular flexibility index (Phi) is 4.26. The van der Waals surface area contributed by atoms with Gasteiger partial charge in [0.05, 0.1) is 11.9 Å². The minimum absolute atomic E-state index is 0.0423. The van der Waals surface area contributed by atoms with Gasteiger partial charge in [0, 0.05) is 11.1 Å². The van der Waals surface area contributed by atoms with Crippen LogP contribution in [0.3, 0.4) is 0 Å². The molecule has 0 unspecified atom stereocenters. The third kappa shape index (κ3) is 4.60. The molecule has 0 fully saturated rings. The average Bonchev–Trinajstić information content (AvgIpc) is 2.39. The van der Waals surface area contributed by atoms with Gasteiger partial charge in [-0.15, -0.1) is 0 Å². The first kappa shape index (κ1) is 15.0. The summed E-state index contributed by atoms with van der Waals surface area (Å²) in [4.78, 5) is 16.4. The van der Waals surface area contributed by atoms with Crippen LogP contribution in [0.4, 0.5) is 11.5 Å². The molecule has 110 valence electrons. The topological polar surface area (TPSA) is 54.0 Å². The Morgan fingerprint density at radius 3 is 2.48 bits per heavy atom. The largest absolute Gasteiger partial charge is 0.365 e. The third-order valence-electron chi connectivity index (χ3n) is 2.80. The first-order valence-corrected chi connectivity index (χ1v) is 6.96. The molecule has 2 aromatic rings. The summed E-state index contributed by atoms with van der Waals surface area (Å²) in [6.07, 6.45) is 1.65. The molecule has 1 amide bonds. The first-order chi connectivity index (χ1) is 9.83.